The molecule has 1 aliphatic heterocycles. The highest BCUT2D eigenvalue weighted by Crippen LogP contribution is 2.48. The molecule has 2 nitrogen and oxygen atoms in total. The summed E-state index contributed by atoms with van der Waals surface area (Å²) in [5.41, 5.74) is 5.17. The average molecular weight is 338 g/mol. The number of aryl methyl sites for hydroxylation is 2. The summed E-state index contributed by atoms with van der Waals surface area (Å²) in [5, 5.41) is 0.314. The SMILES string of the molecule is Cc1cccc(C)c1N=C1B(C(C)(C)C)N(C(C)(C)C)B1C(C)(C)C. The molecule has 0 aromatic heterocycles. The predicted octanol–water partition coefficient (Wildman–Crippen LogP) is 6.15. The minimum absolute atomic E-state index is 0.121. The number of aliphatic imine (C=N–C) groups is 1. The lowest BCUT2D eigenvalue weighted by Crippen LogP contribution is -2.81. The highest BCUT2D eigenvalue weighted by Gasteiger charge is 2.62. The fraction of sp³-hybridized carbons (Fsp3) is 0.667. The second kappa shape index (κ2) is 6.30. The van der Waals surface area contributed by atoms with Crippen LogP contribution in [0.3, 0.4) is 0 Å². The van der Waals surface area contributed by atoms with Crippen molar-refractivity contribution in [3.63, 3.8) is 0 Å². The van der Waals surface area contributed by atoms with Crippen LogP contribution in [-0.4, -0.2) is 29.5 Å². The first kappa shape index (κ1) is 20.3. The van der Waals surface area contributed by atoms with Crippen molar-refractivity contribution in [1.29, 1.82) is 0 Å². The van der Waals surface area contributed by atoms with Gasteiger partial charge < -0.3 is 4.72 Å². The third kappa shape index (κ3) is 3.89. The smallest absolute Gasteiger partial charge is 0.261 e. The van der Waals surface area contributed by atoms with Gasteiger partial charge in [-0.2, -0.15) is 0 Å². The Morgan fingerprint density at radius 2 is 1.16 bits per heavy atom. The Morgan fingerprint density at radius 3 is 1.48 bits per heavy atom. The fourth-order valence-corrected chi connectivity index (χ4v) is 4.23. The monoisotopic (exact) mass is 338 g/mol. The van der Waals surface area contributed by atoms with Crippen LogP contribution in [0.25, 0.3) is 0 Å². The molecule has 1 saturated heterocycles. The molecule has 1 heterocycles. The molecule has 1 aromatic rings. The van der Waals surface area contributed by atoms with Gasteiger partial charge in [0.05, 0.1) is 5.69 Å². The summed E-state index contributed by atoms with van der Waals surface area (Å²) in [5.74, 6) is 0. The van der Waals surface area contributed by atoms with Crippen molar-refractivity contribution in [3.05, 3.63) is 29.3 Å². The molecule has 0 atom stereocenters. The highest BCUT2D eigenvalue weighted by molar-refractivity contribution is 7.31. The molecule has 0 bridgehead atoms. The molecule has 1 aromatic carbocycles. The molecule has 136 valence electrons. The van der Waals surface area contributed by atoms with Gasteiger partial charge in [0, 0.05) is 0 Å². The summed E-state index contributed by atoms with van der Waals surface area (Å²) in [6.07, 6.45) is 0. The summed E-state index contributed by atoms with van der Waals surface area (Å²) in [4.78, 5) is 5.30. The van der Waals surface area contributed by atoms with Crippen molar-refractivity contribution in [3.8, 4) is 0 Å². The van der Waals surface area contributed by atoms with Crippen molar-refractivity contribution < 1.29 is 0 Å². The number of benzene rings is 1. The molecular weight excluding hydrogens is 302 g/mol. The molecule has 25 heavy (non-hydrogen) atoms. The van der Waals surface area contributed by atoms with E-state index >= 15 is 0 Å². The molecule has 0 aliphatic carbocycles. The maximum absolute atomic E-state index is 5.30. The molecule has 1 aliphatic rings. The molecule has 0 saturated carbocycles. The Kier molecular flexibility index (Phi) is 5.11. The van der Waals surface area contributed by atoms with Crippen molar-refractivity contribution in [1.82, 2.24) is 4.72 Å². The van der Waals surface area contributed by atoms with Crippen LogP contribution in [0.4, 0.5) is 5.69 Å². The lowest BCUT2D eigenvalue weighted by atomic mass is 9.11. The van der Waals surface area contributed by atoms with E-state index in [4.69, 9.17) is 4.99 Å². The van der Waals surface area contributed by atoms with E-state index in [1.807, 2.05) is 0 Å². The molecular formula is C21H36B2N2. The summed E-state index contributed by atoms with van der Waals surface area (Å²) in [6.45, 7) is 26.1. The average Bonchev–Trinajstić information content (AvgIpc) is 2.30. The summed E-state index contributed by atoms with van der Waals surface area (Å²) >= 11 is 0. The lowest BCUT2D eigenvalue weighted by molar-refractivity contribution is 0.339. The van der Waals surface area contributed by atoms with Gasteiger partial charge in [0.25, 0.3) is 13.7 Å². The number of hydrogen-bond acceptors (Lipinski definition) is 2. The van der Waals surface area contributed by atoms with Crippen LogP contribution in [-0.2, 0) is 0 Å². The van der Waals surface area contributed by atoms with Crippen LogP contribution in [0.1, 0.15) is 73.4 Å². The summed E-state index contributed by atoms with van der Waals surface area (Å²) < 4.78 is 2.69. The maximum Gasteiger partial charge on any atom is 0.261 e. The van der Waals surface area contributed by atoms with Crippen LogP contribution in [0.5, 0.6) is 0 Å². The lowest BCUT2D eigenvalue weighted by Gasteiger charge is -2.61. The van der Waals surface area contributed by atoms with E-state index in [2.05, 4.69) is 99.1 Å². The van der Waals surface area contributed by atoms with Crippen LogP contribution in [0.15, 0.2) is 23.2 Å². The molecule has 0 radical (unpaired) electrons. The van der Waals surface area contributed by atoms with Crippen LogP contribution >= 0.6 is 0 Å². The molecule has 0 unspecified atom stereocenters. The normalized spacial score (nSPS) is 17.0. The van der Waals surface area contributed by atoms with Crippen molar-refractivity contribution in [2.24, 2.45) is 4.99 Å². The van der Waals surface area contributed by atoms with Gasteiger partial charge >= 0.3 is 0 Å². The van der Waals surface area contributed by atoms with Crippen molar-refractivity contribution in [2.45, 2.75) is 92.3 Å². The Balaban J connectivity index is 2.65. The van der Waals surface area contributed by atoms with Crippen molar-refractivity contribution in [2.75, 3.05) is 0 Å². The number of rotatable bonds is 1. The van der Waals surface area contributed by atoms with Gasteiger partial charge in [-0.3, -0.25) is 4.99 Å². The Morgan fingerprint density at radius 1 is 0.760 bits per heavy atom. The van der Waals surface area contributed by atoms with Crippen molar-refractivity contribution >= 4 is 24.9 Å². The molecule has 4 heteroatoms. The van der Waals surface area contributed by atoms with E-state index in [9.17, 15) is 0 Å². The first-order valence-electron chi connectivity index (χ1n) is 9.59. The molecule has 2 rings (SSSR count). The first-order chi connectivity index (χ1) is 11.2. The van der Waals surface area contributed by atoms with Gasteiger partial charge in [0.1, 0.15) is 0 Å². The summed E-state index contributed by atoms with van der Waals surface area (Å²) in [7, 11) is 0. The molecule has 0 spiro atoms. The van der Waals surface area contributed by atoms with Crippen LogP contribution in [0.2, 0.25) is 10.6 Å². The highest BCUT2D eigenvalue weighted by atomic mass is 15.1. The van der Waals surface area contributed by atoms with Gasteiger partial charge in [-0.05, 0) is 67.4 Å². The van der Waals surface area contributed by atoms with E-state index in [0.29, 0.717) is 13.7 Å². The minimum atomic E-state index is 0.121. The van der Waals surface area contributed by atoms with E-state index in [-0.39, 0.29) is 16.2 Å². The van der Waals surface area contributed by atoms with Gasteiger partial charge in [-0.1, -0.05) is 59.7 Å². The zero-order valence-electron chi connectivity index (χ0n) is 18.3. The van der Waals surface area contributed by atoms with E-state index < -0.39 is 0 Å². The minimum Gasteiger partial charge on any atom is -0.370 e. The van der Waals surface area contributed by atoms with E-state index in [1.54, 1.807) is 0 Å². The van der Waals surface area contributed by atoms with Gasteiger partial charge in [0.15, 0.2) is 0 Å². The molecule has 0 amide bonds. The van der Waals surface area contributed by atoms with E-state index in [1.165, 1.54) is 16.6 Å². The Bertz CT molecular complexity index is 628. The van der Waals surface area contributed by atoms with Crippen LogP contribution in [0, 0.1) is 13.8 Å². The fourth-order valence-electron chi connectivity index (χ4n) is 4.23. The molecule has 1 fully saturated rings. The third-order valence-electron chi connectivity index (χ3n) is 5.21. The Hall–Kier alpha value is -1.02. The third-order valence-corrected chi connectivity index (χ3v) is 5.21. The standard InChI is InChI=1S/C21H36B2N2/c1-15-13-12-14-16(2)17(15)24-18-22(19(3,4)5)25(21(9,10)11)23(18)20(6,7)8/h12-14H,1-11H3. The zero-order chi connectivity index (χ0) is 19.4. The van der Waals surface area contributed by atoms with Gasteiger partial charge in [-0.25, -0.2) is 0 Å². The predicted molar refractivity (Wildman–Crippen MR) is 116 cm³/mol. The zero-order valence-corrected chi connectivity index (χ0v) is 18.3. The number of para-hydroxylation sites is 1. The van der Waals surface area contributed by atoms with Crippen LogP contribution < -0.4 is 0 Å². The Labute approximate surface area is 156 Å². The summed E-state index contributed by atoms with van der Waals surface area (Å²) in [6, 6.07) is 6.47. The molecule has 0 N–H and O–H groups in total. The second-order valence-corrected chi connectivity index (χ2v) is 10.9. The first-order valence-corrected chi connectivity index (χ1v) is 9.59. The number of nitrogens with zero attached hydrogens (tertiary/aromatic N) is 2. The quantitative estimate of drug-likeness (QED) is 0.561. The van der Waals surface area contributed by atoms with Gasteiger partial charge in [0.2, 0.25) is 0 Å². The second-order valence-electron chi connectivity index (χ2n) is 10.9. The number of hydrogen-bond donors (Lipinski definition) is 0. The van der Waals surface area contributed by atoms with E-state index in [0.717, 1.165) is 5.69 Å². The largest absolute Gasteiger partial charge is 0.370 e. The maximum atomic E-state index is 5.30. The topological polar surface area (TPSA) is 15.6 Å². The van der Waals surface area contributed by atoms with Gasteiger partial charge in [-0.15, -0.1) is 0 Å².